The van der Waals surface area contributed by atoms with Crippen molar-refractivity contribution in [3.8, 4) is 17.2 Å². The summed E-state index contributed by atoms with van der Waals surface area (Å²) in [6.07, 6.45) is 3.04. The molecule has 0 saturated carbocycles. The number of aromatic nitrogens is 2. The third-order valence-electron chi connectivity index (χ3n) is 6.73. The molecule has 2 N–H and O–H groups in total. The lowest BCUT2D eigenvalue weighted by molar-refractivity contribution is 0.0357. The Morgan fingerprint density at radius 2 is 1.95 bits per heavy atom. The first kappa shape index (κ1) is 28.5. The zero-order valence-electron chi connectivity index (χ0n) is 23.8. The van der Waals surface area contributed by atoms with E-state index >= 15 is 0 Å². The molecule has 1 saturated heterocycles. The average Bonchev–Trinajstić information content (AvgIpc) is 3.47. The van der Waals surface area contributed by atoms with Crippen LogP contribution in [0.5, 0.6) is 17.2 Å². The van der Waals surface area contributed by atoms with Crippen LogP contribution in [0.1, 0.15) is 12.0 Å². The van der Waals surface area contributed by atoms with Gasteiger partial charge in [0.25, 0.3) is 0 Å². The molecule has 0 atom stereocenters. The van der Waals surface area contributed by atoms with Gasteiger partial charge in [0.2, 0.25) is 11.9 Å². The summed E-state index contributed by atoms with van der Waals surface area (Å²) >= 11 is 0. The molecule has 41 heavy (non-hydrogen) atoms. The SMILES string of the molecule is COc1c(OCCCN2CCOCC2)ccc2c1N=C(NC(=O)Oc1cnc(NCCN(C)C)nc1)N1CCN=C21. The molecule has 1 aromatic carbocycles. The van der Waals surface area contributed by atoms with Gasteiger partial charge in [-0.2, -0.15) is 0 Å². The van der Waals surface area contributed by atoms with Gasteiger partial charge in [-0.15, -0.1) is 0 Å². The number of likely N-dealkylation sites (N-methyl/N-ethyl adjacent to an activating group) is 1. The zero-order valence-corrected chi connectivity index (χ0v) is 23.8. The molecule has 3 aliphatic heterocycles. The first-order valence-electron chi connectivity index (χ1n) is 13.8. The van der Waals surface area contributed by atoms with Gasteiger partial charge in [0.15, 0.2) is 17.2 Å². The van der Waals surface area contributed by atoms with E-state index in [9.17, 15) is 4.79 Å². The van der Waals surface area contributed by atoms with E-state index in [0.29, 0.717) is 61.2 Å². The highest BCUT2D eigenvalue weighted by Crippen LogP contribution is 2.43. The Bertz CT molecular complexity index is 1260. The number of nitrogens with zero attached hydrogens (tertiary/aromatic N) is 7. The summed E-state index contributed by atoms with van der Waals surface area (Å²) in [7, 11) is 5.55. The molecule has 0 spiro atoms. The van der Waals surface area contributed by atoms with Crippen LogP contribution in [-0.4, -0.2) is 129 Å². The number of anilines is 1. The number of guanidine groups is 1. The number of morpholine rings is 1. The molecule has 4 heterocycles. The molecule has 0 unspecified atom stereocenters. The van der Waals surface area contributed by atoms with Gasteiger partial charge in [-0.1, -0.05) is 0 Å². The first-order valence-corrected chi connectivity index (χ1v) is 13.8. The number of amidine groups is 1. The molecule has 220 valence electrons. The Morgan fingerprint density at radius 1 is 1.15 bits per heavy atom. The lowest BCUT2D eigenvalue weighted by atomic mass is 10.1. The summed E-state index contributed by atoms with van der Waals surface area (Å²) in [5.41, 5.74) is 1.35. The lowest BCUT2D eigenvalue weighted by Gasteiger charge is -2.28. The van der Waals surface area contributed by atoms with Gasteiger partial charge in [-0.05, 0) is 32.6 Å². The smallest absolute Gasteiger partial charge is 0.419 e. The first-order chi connectivity index (χ1) is 20.0. The van der Waals surface area contributed by atoms with Crippen molar-refractivity contribution in [1.82, 2.24) is 30.0 Å². The maximum Gasteiger partial charge on any atom is 0.419 e. The largest absolute Gasteiger partial charge is 0.491 e. The van der Waals surface area contributed by atoms with E-state index in [1.54, 1.807) is 7.11 Å². The van der Waals surface area contributed by atoms with E-state index < -0.39 is 6.09 Å². The lowest BCUT2D eigenvalue weighted by Crippen LogP contribution is -2.48. The topological polar surface area (TPSA) is 138 Å². The summed E-state index contributed by atoms with van der Waals surface area (Å²) in [5.74, 6) is 2.74. The minimum absolute atomic E-state index is 0.207. The molecule has 1 fully saturated rings. The number of methoxy groups -OCH3 is 1. The number of carbonyl (C=O) groups is 1. The second-order valence-electron chi connectivity index (χ2n) is 9.93. The number of amides is 1. The fourth-order valence-corrected chi connectivity index (χ4v) is 4.67. The van der Waals surface area contributed by atoms with Crippen molar-refractivity contribution in [1.29, 1.82) is 0 Å². The van der Waals surface area contributed by atoms with Gasteiger partial charge in [-0.3, -0.25) is 20.1 Å². The van der Waals surface area contributed by atoms with Crippen molar-refractivity contribution in [3.63, 3.8) is 0 Å². The van der Waals surface area contributed by atoms with Crippen LogP contribution < -0.4 is 24.8 Å². The van der Waals surface area contributed by atoms with Crippen LogP contribution in [-0.2, 0) is 4.74 Å². The second kappa shape index (κ2) is 13.6. The summed E-state index contributed by atoms with van der Waals surface area (Å²) in [4.78, 5) is 36.9. The van der Waals surface area contributed by atoms with E-state index in [0.717, 1.165) is 51.4 Å². The number of benzene rings is 1. The zero-order chi connectivity index (χ0) is 28.6. The summed E-state index contributed by atoms with van der Waals surface area (Å²) in [6, 6.07) is 3.81. The fourth-order valence-electron chi connectivity index (χ4n) is 4.67. The monoisotopic (exact) mass is 567 g/mol. The highest BCUT2D eigenvalue weighted by molar-refractivity contribution is 6.18. The van der Waals surface area contributed by atoms with Gasteiger partial charge in [0.05, 0.1) is 45.9 Å². The fraction of sp³-hybridized carbons (Fsp3) is 0.519. The molecule has 14 nitrogen and oxygen atoms in total. The van der Waals surface area contributed by atoms with Crippen molar-refractivity contribution in [2.75, 3.05) is 92.2 Å². The molecule has 0 aliphatic carbocycles. The van der Waals surface area contributed by atoms with E-state index in [-0.39, 0.29) is 5.75 Å². The molecular formula is C27H37N9O5. The highest BCUT2D eigenvalue weighted by atomic mass is 16.6. The molecule has 14 heteroatoms. The molecule has 2 aromatic rings. The van der Waals surface area contributed by atoms with Crippen LogP contribution in [0.3, 0.4) is 0 Å². The quantitative estimate of drug-likeness (QED) is 0.381. The van der Waals surface area contributed by atoms with Gasteiger partial charge in [-0.25, -0.2) is 19.8 Å². The normalized spacial score (nSPS) is 16.4. The summed E-state index contributed by atoms with van der Waals surface area (Å²) in [5, 5.41) is 5.86. The average molecular weight is 568 g/mol. The maximum absolute atomic E-state index is 12.8. The van der Waals surface area contributed by atoms with Crippen molar-refractivity contribution < 1.29 is 23.7 Å². The Kier molecular flexibility index (Phi) is 9.44. The number of ether oxygens (including phenoxy) is 4. The van der Waals surface area contributed by atoms with Crippen LogP contribution in [0.15, 0.2) is 34.5 Å². The number of hydrogen-bond acceptors (Lipinski definition) is 13. The Morgan fingerprint density at radius 3 is 2.71 bits per heavy atom. The molecule has 1 amide bonds. The molecular weight excluding hydrogens is 530 g/mol. The summed E-state index contributed by atoms with van der Waals surface area (Å²) < 4.78 is 22.7. The molecule has 0 bridgehead atoms. The Labute approximate surface area is 239 Å². The Hall–Kier alpha value is -4.01. The number of fused-ring (bicyclic) bond motifs is 3. The molecule has 3 aliphatic rings. The van der Waals surface area contributed by atoms with Crippen LogP contribution >= 0.6 is 0 Å². The van der Waals surface area contributed by atoms with Gasteiger partial charge in [0, 0.05) is 44.8 Å². The van der Waals surface area contributed by atoms with E-state index in [4.69, 9.17) is 23.9 Å². The van der Waals surface area contributed by atoms with E-state index in [2.05, 4.69) is 35.4 Å². The second-order valence-corrected chi connectivity index (χ2v) is 9.93. The highest BCUT2D eigenvalue weighted by Gasteiger charge is 2.33. The number of nitrogens with one attached hydrogen (secondary N) is 2. The summed E-state index contributed by atoms with van der Waals surface area (Å²) in [6.45, 7) is 7.60. The van der Waals surface area contributed by atoms with E-state index in [1.165, 1.54) is 12.4 Å². The van der Waals surface area contributed by atoms with Crippen molar-refractivity contribution in [2.24, 2.45) is 9.98 Å². The van der Waals surface area contributed by atoms with E-state index in [1.807, 2.05) is 31.1 Å². The Balaban J connectivity index is 1.24. The molecule has 0 radical (unpaired) electrons. The van der Waals surface area contributed by atoms with Crippen LogP contribution in [0.2, 0.25) is 0 Å². The van der Waals surface area contributed by atoms with Crippen molar-refractivity contribution in [2.45, 2.75) is 6.42 Å². The van der Waals surface area contributed by atoms with Crippen molar-refractivity contribution in [3.05, 3.63) is 30.1 Å². The van der Waals surface area contributed by atoms with Gasteiger partial charge in [0.1, 0.15) is 11.5 Å². The van der Waals surface area contributed by atoms with Gasteiger partial charge >= 0.3 is 6.09 Å². The molecule has 1 aromatic heterocycles. The third kappa shape index (κ3) is 7.20. The number of aliphatic imine (C=N–C) groups is 2. The van der Waals surface area contributed by atoms with Crippen LogP contribution in [0, 0.1) is 0 Å². The number of rotatable bonds is 11. The minimum atomic E-state index is -0.718. The minimum Gasteiger partial charge on any atom is -0.491 e. The standard InChI is InChI=1S/C27H37N9O5/c1-34(2)10-7-29-25-30-17-19(18-31-25)41-27(37)33-26-32-22-20(24-28-8-11-36(24)26)5-6-21(23(22)38-3)40-14-4-9-35-12-15-39-16-13-35/h5-6,17-18H,4,7-16H2,1-3H3,(H,29,30,31)(H,32,33,37). The predicted octanol–water partition coefficient (Wildman–Crippen LogP) is 1.41. The molecule has 5 rings (SSSR count). The van der Waals surface area contributed by atoms with Crippen LogP contribution in [0.25, 0.3) is 0 Å². The van der Waals surface area contributed by atoms with Crippen LogP contribution in [0.4, 0.5) is 16.4 Å². The predicted molar refractivity (Wildman–Crippen MR) is 154 cm³/mol. The van der Waals surface area contributed by atoms with Crippen molar-refractivity contribution >= 4 is 29.5 Å². The third-order valence-corrected chi connectivity index (χ3v) is 6.73. The number of hydrogen-bond donors (Lipinski definition) is 2. The number of carbonyl (C=O) groups excluding carboxylic acids is 1. The van der Waals surface area contributed by atoms with Gasteiger partial charge < -0.3 is 29.2 Å². The maximum atomic E-state index is 12.8.